The van der Waals surface area contributed by atoms with E-state index in [1.54, 1.807) is 60.7 Å². The highest BCUT2D eigenvalue weighted by Crippen LogP contribution is 2.28. The Hall–Kier alpha value is -2.97. The van der Waals surface area contributed by atoms with E-state index in [0.29, 0.717) is 27.0 Å². The molecule has 3 rings (SSSR count). The van der Waals surface area contributed by atoms with Crippen molar-refractivity contribution in [3.63, 3.8) is 0 Å². The Bertz CT molecular complexity index is 1310. The maximum Gasteiger partial charge on any atom is 0.245 e. The predicted octanol–water partition coefficient (Wildman–Crippen LogP) is 5.38. The minimum absolute atomic E-state index is 0.0129. The fraction of sp³-hybridized carbons (Fsp3) is 0.231. The van der Waals surface area contributed by atoms with Gasteiger partial charge in [0, 0.05) is 21.3 Å². The van der Waals surface area contributed by atoms with Crippen molar-refractivity contribution < 1.29 is 18.0 Å². The van der Waals surface area contributed by atoms with Gasteiger partial charge in [0.1, 0.15) is 6.54 Å². The van der Waals surface area contributed by atoms with Crippen molar-refractivity contribution in [3.8, 4) is 0 Å². The number of hydrogen-bond acceptors (Lipinski definition) is 4. The van der Waals surface area contributed by atoms with Gasteiger partial charge in [-0.1, -0.05) is 69.3 Å². The summed E-state index contributed by atoms with van der Waals surface area (Å²) in [5.41, 5.74) is 2.86. The summed E-state index contributed by atoms with van der Waals surface area (Å²) in [6.45, 7) is 5.92. The number of carbonyl (C=O) groups excluding carboxylic acids is 2. The van der Waals surface area contributed by atoms with Gasteiger partial charge in [-0.15, -0.1) is 0 Å². The molecule has 0 heterocycles. The lowest BCUT2D eigenvalue weighted by Crippen LogP contribution is -2.37. The second-order valence-electron chi connectivity index (χ2n) is 9.01. The van der Waals surface area contributed by atoms with Gasteiger partial charge in [0.2, 0.25) is 15.9 Å². The minimum Gasteiger partial charge on any atom is -0.324 e. The van der Waals surface area contributed by atoms with Crippen molar-refractivity contribution >= 4 is 49.0 Å². The Kier molecular flexibility index (Phi) is 7.63. The van der Waals surface area contributed by atoms with E-state index in [0.717, 1.165) is 16.1 Å². The van der Waals surface area contributed by atoms with Gasteiger partial charge in [-0.2, -0.15) is 0 Å². The van der Waals surface area contributed by atoms with Crippen LogP contribution in [-0.4, -0.2) is 32.9 Å². The minimum atomic E-state index is -3.71. The van der Waals surface area contributed by atoms with Gasteiger partial charge in [-0.3, -0.25) is 13.9 Å². The molecule has 0 atom stereocenters. The standard InChI is InChI=1S/C26H27BrN2O4S/c1-26(2,3)20-14-12-18(13-15-20)25(31)19-8-7-9-21(16-19)28-24(30)17-29(34(4,32)33)23-11-6-5-10-22(23)27/h5-16H,17H2,1-4H3,(H,28,30). The van der Waals surface area contributed by atoms with Gasteiger partial charge in [-0.05, 0) is 51.2 Å². The zero-order valence-electron chi connectivity index (χ0n) is 19.5. The third kappa shape index (κ3) is 6.33. The molecule has 0 radical (unpaired) electrons. The van der Waals surface area contributed by atoms with Gasteiger partial charge in [-0.25, -0.2) is 8.42 Å². The van der Waals surface area contributed by atoms with Crippen molar-refractivity contribution in [2.45, 2.75) is 26.2 Å². The molecule has 0 aliphatic heterocycles. The molecular formula is C26H27BrN2O4S. The number of nitrogens with one attached hydrogen (secondary N) is 1. The summed E-state index contributed by atoms with van der Waals surface area (Å²) >= 11 is 3.33. The first-order chi connectivity index (χ1) is 15.9. The first-order valence-corrected chi connectivity index (χ1v) is 13.3. The number of ketones is 1. The highest BCUT2D eigenvalue weighted by atomic mass is 79.9. The number of rotatable bonds is 7. The zero-order valence-corrected chi connectivity index (χ0v) is 21.9. The third-order valence-corrected chi connectivity index (χ3v) is 7.03. The van der Waals surface area contributed by atoms with Crippen molar-refractivity contribution in [3.05, 3.63) is 94.0 Å². The molecule has 34 heavy (non-hydrogen) atoms. The van der Waals surface area contributed by atoms with E-state index >= 15 is 0 Å². The van der Waals surface area contributed by atoms with Crippen LogP contribution in [0.25, 0.3) is 0 Å². The molecule has 8 heteroatoms. The zero-order chi connectivity index (χ0) is 25.1. The van der Waals surface area contributed by atoms with E-state index in [4.69, 9.17) is 0 Å². The quantitative estimate of drug-likeness (QED) is 0.406. The molecule has 3 aromatic carbocycles. The van der Waals surface area contributed by atoms with Crippen LogP contribution < -0.4 is 9.62 Å². The Morgan fingerprint density at radius 2 is 1.56 bits per heavy atom. The molecule has 0 aliphatic carbocycles. The lowest BCUT2D eigenvalue weighted by Gasteiger charge is -2.23. The fourth-order valence-corrected chi connectivity index (χ4v) is 4.88. The van der Waals surface area contributed by atoms with Crippen molar-refractivity contribution in [1.29, 1.82) is 0 Å². The number of carbonyl (C=O) groups is 2. The van der Waals surface area contributed by atoms with E-state index in [9.17, 15) is 18.0 Å². The number of halogens is 1. The summed E-state index contributed by atoms with van der Waals surface area (Å²) in [6.07, 6.45) is 1.05. The molecule has 3 aromatic rings. The summed E-state index contributed by atoms with van der Waals surface area (Å²) in [7, 11) is -3.71. The Balaban J connectivity index is 1.77. The average molecular weight is 543 g/mol. The summed E-state index contributed by atoms with van der Waals surface area (Å²) < 4.78 is 26.3. The second-order valence-corrected chi connectivity index (χ2v) is 11.8. The Morgan fingerprint density at radius 3 is 2.15 bits per heavy atom. The molecule has 1 amide bonds. The normalized spacial score (nSPS) is 11.7. The van der Waals surface area contributed by atoms with Crippen LogP contribution >= 0.6 is 15.9 Å². The first-order valence-electron chi connectivity index (χ1n) is 10.6. The molecule has 0 aromatic heterocycles. The van der Waals surface area contributed by atoms with Crippen LogP contribution in [0.1, 0.15) is 42.3 Å². The second kappa shape index (κ2) is 10.1. The Labute approximate surface area is 209 Å². The lowest BCUT2D eigenvalue weighted by atomic mass is 9.86. The van der Waals surface area contributed by atoms with Crippen LogP contribution in [-0.2, 0) is 20.2 Å². The smallest absolute Gasteiger partial charge is 0.245 e. The van der Waals surface area contributed by atoms with Gasteiger partial charge >= 0.3 is 0 Å². The highest BCUT2D eigenvalue weighted by Gasteiger charge is 2.23. The molecule has 0 aliphatic rings. The van der Waals surface area contributed by atoms with Crippen LogP contribution in [0.4, 0.5) is 11.4 Å². The number of nitrogens with zero attached hydrogens (tertiary/aromatic N) is 1. The van der Waals surface area contributed by atoms with E-state index in [-0.39, 0.29) is 11.2 Å². The third-order valence-electron chi connectivity index (χ3n) is 5.23. The molecule has 0 spiro atoms. The molecule has 178 valence electrons. The monoisotopic (exact) mass is 542 g/mol. The van der Waals surface area contributed by atoms with E-state index in [2.05, 4.69) is 42.0 Å². The van der Waals surface area contributed by atoms with Gasteiger partial charge in [0.05, 0.1) is 11.9 Å². The van der Waals surface area contributed by atoms with Crippen LogP contribution in [0.5, 0.6) is 0 Å². The van der Waals surface area contributed by atoms with Gasteiger partial charge < -0.3 is 5.32 Å². The molecule has 1 N–H and O–H groups in total. The molecule has 0 unspecified atom stereocenters. The molecule has 0 fully saturated rings. The maximum atomic E-state index is 13.0. The van der Waals surface area contributed by atoms with Crippen LogP contribution in [0.15, 0.2) is 77.3 Å². The number of hydrogen-bond donors (Lipinski definition) is 1. The number of anilines is 2. The number of para-hydroxylation sites is 1. The lowest BCUT2D eigenvalue weighted by molar-refractivity contribution is -0.114. The number of amides is 1. The first kappa shape index (κ1) is 25.6. The highest BCUT2D eigenvalue weighted by molar-refractivity contribution is 9.10. The van der Waals surface area contributed by atoms with Crippen molar-refractivity contribution in [2.24, 2.45) is 0 Å². The molecule has 0 bridgehead atoms. The average Bonchev–Trinajstić information content (AvgIpc) is 2.76. The van der Waals surface area contributed by atoms with Crippen LogP contribution in [0, 0.1) is 0 Å². The van der Waals surface area contributed by atoms with Gasteiger partial charge in [0.25, 0.3) is 0 Å². The predicted molar refractivity (Wildman–Crippen MR) is 140 cm³/mol. The Morgan fingerprint density at radius 1 is 0.912 bits per heavy atom. The fourth-order valence-electron chi connectivity index (χ4n) is 3.39. The SMILES string of the molecule is CC(C)(C)c1ccc(C(=O)c2cccc(NC(=O)CN(c3ccccc3Br)S(C)(=O)=O)c2)cc1. The topological polar surface area (TPSA) is 83.6 Å². The van der Waals surface area contributed by atoms with Crippen molar-refractivity contribution in [2.75, 3.05) is 22.4 Å². The maximum absolute atomic E-state index is 13.0. The van der Waals surface area contributed by atoms with E-state index in [1.165, 1.54) is 0 Å². The summed E-state index contributed by atoms with van der Waals surface area (Å²) in [4.78, 5) is 25.7. The largest absolute Gasteiger partial charge is 0.324 e. The van der Waals surface area contributed by atoms with Crippen LogP contribution in [0.3, 0.4) is 0 Å². The summed E-state index contributed by atoms with van der Waals surface area (Å²) in [5.74, 6) is -0.692. The molecule has 0 saturated heterocycles. The summed E-state index contributed by atoms with van der Waals surface area (Å²) in [5, 5.41) is 2.70. The van der Waals surface area contributed by atoms with Crippen molar-refractivity contribution in [1.82, 2.24) is 0 Å². The number of sulfonamides is 1. The van der Waals surface area contributed by atoms with Gasteiger partial charge in [0.15, 0.2) is 5.78 Å². The molecule has 6 nitrogen and oxygen atoms in total. The number of benzene rings is 3. The van der Waals surface area contributed by atoms with Crippen LogP contribution in [0.2, 0.25) is 0 Å². The van der Waals surface area contributed by atoms with E-state index < -0.39 is 22.5 Å². The van der Waals surface area contributed by atoms with E-state index in [1.807, 2.05) is 12.1 Å². The molecule has 0 saturated carbocycles. The molecular weight excluding hydrogens is 516 g/mol. The summed E-state index contributed by atoms with van der Waals surface area (Å²) in [6, 6.07) is 20.9.